The monoisotopic (exact) mass is 313 g/mol. The van der Waals surface area contributed by atoms with Crippen LogP contribution >= 0.6 is 0 Å². The Balaban J connectivity index is 2.74. The van der Waals surface area contributed by atoms with Crippen LogP contribution in [0, 0.1) is 6.92 Å². The molecule has 120 valence electrons. The minimum atomic E-state index is -0.719. The zero-order valence-electron chi connectivity index (χ0n) is 13.2. The molecule has 23 heavy (non-hydrogen) atoms. The summed E-state index contributed by atoms with van der Waals surface area (Å²) in [7, 11) is 0. The first-order valence-electron chi connectivity index (χ1n) is 7.38. The number of hydrogen-bond acceptors (Lipinski definition) is 4. The molecule has 1 aliphatic rings. The van der Waals surface area contributed by atoms with Crippen molar-refractivity contribution in [1.29, 1.82) is 0 Å². The van der Waals surface area contributed by atoms with Crippen molar-refractivity contribution in [3.8, 4) is 0 Å². The van der Waals surface area contributed by atoms with E-state index in [9.17, 15) is 14.4 Å². The molecule has 0 saturated carbocycles. The first kappa shape index (κ1) is 16.6. The lowest BCUT2D eigenvalue weighted by molar-refractivity contribution is -0.135. The molecule has 2 rings (SSSR count). The number of aryl methyl sites for hydroxylation is 1. The molecule has 1 unspecified atom stereocenters. The number of rotatable bonds is 3. The maximum atomic E-state index is 12.9. The van der Waals surface area contributed by atoms with Crippen LogP contribution < -0.4 is 21.4 Å². The molecule has 1 aromatic rings. The van der Waals surface area contributed by atoms with Gasteiger partial charge in [0.15, 0.2) is 0 Å². The molecule has 1 N–H and O–H groups in total. The molecular weight excluding hydrogens is 294 g/mol. The van der Waals surface area contributed by atoms with E-state index < -0.39 is 11.9 Å². The Kier molecular flexibility index (Phi) is 5.05. The Morgan fingerprint density at radius 2 is 2.04 bits per heavy atom. The van der Waals surface area contributed by atoms with E-state index in [1.54, 1.807) is 37.3 Å². The second-order valence-electron chi connectivity index (χ2n) is 5.19. The van der Waals surface area contributed by atoms with Crippen molar-refractivity contribution >= 4 is 24.0 Å². The van der Waals surface area contributed by atoms with Gasteiger partial charge in [0, 0.05) is 6.42 Å². The van der Waals surface area contributed by atoms with Gasteiger partial charge in [-0.25, -0.2) is 4.98 Å². The Morgan fingerprint density at radius 3 is 2.65 bits per heavy atom. The summed E-state index contributed by atoms with van der Waals surface area (Å²) in [5.41, 5.74) is -0.307. The van der Waals surface area contributed by atoms with E-state index in [-0.39, 0.29) is 17.9 Å². The predicted octanol–water partition coefficient (Wildman–Crippen LogP) is -0.147. The van der Waals surface area contributed by atoms with Crippen LogP contribution in [0.15, 0.2) is 29.6 Å². The van der Waals surface area contributed by atoms with Crippen LogP contribution in [-0.4, -0.2) is 21.4 Å². The average Bonchev–Trinajstić information content (AvgIpc) is 2.49. The van der Waals surface area contributed by atoms with Gasteiger partial charge in [-0.3, -0.25) is 24.3 Å². The maximum Gasteiger partial charge on any atom is 0.262 e. The molecule has 1 aliphatic heterocycles. The average molecular weight is 313 g/mol. The van der Waals surface area contributed by atoms with E-state index in [2.05, 4.69) is 16.9 Å². The van der Waals surface area contributed by atoms with Gasteiger partial charge in [-0.05, 0) is 32.4 Å². The van der Waals surface area contributed by atoms with Crippen molar-refractivity contribution in [1.82, 2.24) is 14.9 Å². The Hall–Kier alpha value is -2.76. The highest BCUT2D eigenvalue weighted by atomic mass is 16.2. The van der Waals surface area contributed by atoms with Gasteiger partial charge in [-0.15, -0.1) is 0 Å². The summed E-state index contributed by atoms with van der Waals surface area (Å²) in [4.78, 5) is 40.6. The van der Waals surface area contributed by atoms with Crippen LogP contribution in [0.1, 0.15) is 31.6 Å². The summed E-state index contributed by atoms with van der Waals surface area (Å²) >= 11 is 0. The molecular formula is C17H19N3O3. The van der Waals surface area contributed by atoms with Crippen LogP contribution in [0.3, 0.4) is 0 Å². The highest BCUT2D eigenvalue weighted by Gasteiger charge is 2.30. The normalized spacial score (nSPS) is 20.2. The fraction of sp³-hybridized carbons (Fsp3) is 0.294. The summed E-state index contributed by atoms with van der Waals surface area (Å²) in [6.07, 6.45) is 8.91. The second-order valence-corrected chi connectivity index (χ2v) is 5.19. The SMILES string of the molecule is C=C/C=c1/nc(C)n(C2CCC(=O)NC2=O)c(=O)/c1=C/C=C\C. The van der Waals surface area contributed by atoms with Gasteiger partial charge in [0.1, 0.15) is 11.9 Å². The molecule has 2 amide bonds. The molecule has 6 heteroatoms. The van der Waals surface area contributed by atoms with Crippen LogP contribution in [0.25, 0.3) is 12.2 Å². The molecule has 0 bridgehead atoms. The number of allylic oxidation sites excluding steroid dienone is 3. The van der Waals surface area contributed by atoms with Gasteiger partial charge in [0.05, 0.1) is 10.6 Å². The minimum Gasteiger partial charge on any atom is -0.295 e. The maximum absolute atomic E-state index is 12.9. The summed E-state index contributed by atoms with van der Waals surface area (Å²) in [6, 6.07) is -0.719. The van der Waals surface area contributed by atoms with Crippen molar-refractivity contribution in [2.24, 2.45) is 0 Å². The van der Waals surface area contributed by atoms with Crippen LogP contribution in [-0.2, 0) is 9.59 Å². The first-order valence-corrected chi connectivity index (χ1v) is 7.38. The number of imide groups is 1. The third kappa shape index (κ3) is 3.36. The fourth-order valence-electron chi connectivity index (χ4n) is 2.56. The topological polar surface area (TPSA) is 81.1 Å². The molecule has 1 saturated heterocycles. The predicted molar refractivity (Wildman–Crippen MR) is 87.8 cm³/mol. The van der Waals surface area contributed by atoms with Crippen LogP contribution in [0.2, 0.25) is 0 Å². The molecule has 2 heterocycles. The van der Waals surface area contributed by atoms with E-state index in [1.165, 1.54) is 4.57 Å². The summed E-state index contributed by atoms with van der Waals surface area (Å²) in [5.74, 6) is -0.358. The third-order valence-corrected chi connectivity index (χ3v) is 3.61. The lowest BCUT2D eigenvalue weighted by Crippen LogP contribution is -2.52. The molecule has 1 aromatic heterocycles. The summed E-state index contributed by atoms with van der Waals surface area (Å²) < 4.78 is 1.36. The van der Waals surface area contributed by atoms with Crippen LogP contribution in [0.5, 0.6) is 0 Å². The van der Waals surface area contributed by atoms with E-state index in [4.69, 9.17) is 0 Å². The quantitative estimate of drug-likeness (QED) is 0.787. The molecule has 0 aliphatic carbocycles. The second kappa shape index (κ2) is 7.00. The van der Waals surface area contributed by atoms with Crippen molar-refractivity contribution in [2.45, 2.75) is 32.7 Å². The standard InChI is InChI=1S/C17H19N3O3/c1-4-6-8-12-13(7-5-2)18-11(3)20(17(12)23)14-9-10-15(21)19-16(14)22/h4-8,14H,2,9-10H2,1,3H3,(H,19,21,22)/b6-4-,12-8+,13-7+. The van der Waals surface area contributed by atoms with Gasteiger partial charge in [0.25, 0.3) is 5.56 Å². The van der Waals surface area contributed by atoms with E-state index in [0.717, 1.165) is 0 Å². The molecule has 1 atom stereocenters. The Morgan fingerprint density at radius 1 is 1.30 bits per heavy atom. The largest absolute Gasteiger partial charge is 0.295 e. The van der Waals surface area contributed by atoms with Crippen LogP contribution in [0.4, 0.5) is 0 Å². The Labute approximate surface area is 133 Å². The van der Waals surface area contributed by atoms with Gasteiger partial charge >= 0.3 is 0 Å². The molecule has 1 fully saturated rings. The Bertz CT molecular complexity index is 862. The highest BCUT2D eigenvalue weighted by molar-refractivity contribution is 5.99. The van der Waals surface area contributed by atoms with E-state index >= 15 is 0 Å². The van der Waals surface area contributed by atoms with Gasteiger partial charge in [-0.1, -0.05) is 24.8 Å². The number of piperidine rings is 1. The van der Waals surface area contributed by atoms with Crippen molar-refractivity contribution in [3.05, 3.63) is 51.6 Å². The molecule has 0 radical (unpaired) electrons. The van der Waals surface area contributed by atoms with E-state index in [1.807, 2.05) is 6.92 Å². The zero-order valence-corrected chi connectivity index (χ0v) is 13.2. The molecule has 0 spiro atoms. The zero-order chi connectivity index (χ0) is 17.0. The lowest BCUT2D eigenvalue weighted by atomic mass is 10.1. The minimum absolute atomic E-state index is 0.205. The molecule has 6 nitrogen and oxygen atoms in total. The van der Waals surface area contributed by atoms with Crippen molar-refractivity contribution < 1.29 is 9.59 Å². The first-order chi connectivity index (χ1) is 11.0. The number of amides is 2. The van der Waals surface area contributed by atoms with E-state index in [0.29, 0.717) is 22.8 Å². The number of carbonyl (C=O) groups excluding carboxylic acids is 2. The summed E-state index contributed by atoms with van der Waals surface area (Å²) in [6.45, 7) is 7.14. The third-order valence-electron chi connectivity index (χ3n) is 3.61. The fourth-order valence-corrected chi connectivity index (χ4v) is 2.56. The highest BCUT2D eigenvalue weighted by Crippen LogP contribution is 2.16. The number of nitrogens with one attached hydrogen (secondary N) is 1. The lowest BCUT2D eigenvalue weighted by Gasteiger charge is -2.24. The van der Waals surface area contributed by atoms with Gasteiger partial charge in [-0.2, -0.15) is 0 Å². The van der Waals surface area contributed by atoms with Gasteiger partial charge in [0.2, 0.25) is 11.8 Å². The smallest absolute Gasteiger partial charge is 0.262 e. The molecule has 0 aromatic carbocycles. The van der Waals surface area contributed by atoms with Crippen molar-refractivity contribution in [2.75, 3.05) is 0 Å². The number of hydrogen-bond donors (Lipinski definition) is 1. The number of aromatic nitrogens is 2. The summed E-state index contributed by atoms with van der Waals surface area (Å²) in [5, 5.41) is 3.16. The number of nitrogens with zero attached hydrogens (tertiary/aromatic N) is 2. The number of carbonyl (C=O) groups is 2. The van der Waals surface area contributed by atoms with Gasteiger partial charge < -0.3 is 0 Å². The van der Waals surface area contributed by atoms with Crippen molar-refractivity contribution in [3.63, 3.8) is 0 Å².